The van der Waals surface area contributed by atoms with E-state index in [9.17, 15) is 13.6 Å². The lowest BCUT2D eigenvalue weighted by Gasteiger charge is -2.06. The van der Waals surface area contributed by atoms with Gasteiger partial charge in [-0.2, -0.15) is 8.78 Å². The van der Waals surface area contributed by atoms with Gasteiger partial charge in [0, 0.05) is 10.3 Å². The molecule has 0 amide bonds. The molecule has 0 spiro atoms. The summed E-state index contributed by atoms with van der Waals surface area (Å²) in [5.74, 6) is -1.35. The normalized spacial score (nSPS) is 11.9. The molecule has 0 bridgehead atoms. The van der Waals surface area contributed by atoms with Crippen LogP contribution in [0.2, 0.25) is 0 Å². The second kappa shape index (κ2) is 3.54. The highest BCUT2D eigenvalue weighted by atomic mass is 35.5. The average Bonchev–Trinajstić information content (AvgIpc) is 2.62. The number of alkyl halides is 3. The highest BCUT2D eigenvalue weighted by Crippen LogP contribution is 2.31. The summed E-state index contributed by atoms with van der Waals surface area (Å²) in [5, 5.41) is -1.32. The van der Waals surface area contributed by atoms with Crippen LogP contribution in [0.3, 0.4) is 0 Å². The predicted molar refractivity (Wildman–Crippen MR) is 57.0 cm³/mol. The van der Waals surface area contributed by atoms with Gasteiger partial charge in [0.05, 0.1) is 0 Å². The highest BCUT2D eigenvalue weighted by molar-refractivity contribution is 7.17. The molecule has 1 aromatic carbocycles. The Morgan fingerprint density at radius 2 is 2.07 bits per heavy atom. The zero-order valence-corrected chi connectivity index (χ0v) is 8.91. The fourth-order valence-corrected chi connectivity index (χ4v) is 2.34. The minimum absolute atomic E-state index is 0.0255. The first-order valence-corrected chi connectivity index (χ1v) is 5.33. The number of thiophene rings is 1. The molecular weight excluding hydrogens is 242 g/mol. The van der Waals surface area contributed by atoms with Crippen molar-refractivity contribution in [1.29, 1.82) is 0 Å². The number of Topliss-reactive ketones (excluding diaryl/α,β-unsaturated/α-hetero) is 1. The van der Waals surface area contributed by atoms with Gasteiger partial charge in [-0.15, -0.1) is 11.3 Å². The number of halogens is 3. The Bertz CT molecular complexity index is 515. The van der Waals surface area contributed by atoms with E-state index >= 15 is 0 Å². The van der Waals surface area contributed by atoms with Crippen molar-refractivity contribution in [2.45, 2.75) is 5.38 Å². The van der Waals surface area contributed by atoms with E-state index in [1.165, 1.54) is 17.4 Å². The number of rotatable bonds is 2. The maximum atomic E-state index is 12.7. The first-order chi connectivity index (χ1) is 7.00. The van der Waals surface area contributed by atoms with Crippen LogP contribution in [0.5, 0.6) is 0 Å². The standard InChI is InChI=1S/C10H5ClF2OS/c11-10(12,13)9(14)7-3-1-2-6-4-5-15-8(6)7/h1-5H. The summed E-state index contributed by atoms with van der Waals surface area (Å²) < 4.78 is 25.9. The van der Waals surface area contributed by atoms with Crippen molar-refractivity contribution >= 4 is 38.8 Å². The highest BCUT2D eigenvalue weighted by Gasteiger charge is 2.37. The van der Waals surface area contributed by atoms with Crippen molar-refractivity contribution < 1.29 is 13.6 Å². The fraction of sp³-hybridized carbons (Fsp3) is 0.100. The molecule has 78 valence electrons. The quantitative estimate of drug-likeness (QED) is 0.580. The van der Waals surface area contributed by atoms with Crippen LogP contribution in [0, 0.1) is 0 Å². The molecule has 0 saturated heterocycles. The van der Waals surface area contributed by atoms with Gasteiger partial charge in [0.2, 0.25) is 5.78 Å². The largest absolute Gasteiger partial charge is 0.384 e. The Balaban J connectivity index is 2.62. The lowest BCUT2D eigenvalue weighted by Crippen LogP contribution is -2.21. The second-order valence-electron chi connectivity index (χ2n) is 2.97. The molecule has 0 saturated carbocycles. The van der Waals surface area contributed by atoms with Crippen LogP contribution in [0.1, 0.15) is 10.4 Å². The Morgan fingerprint density at radius 1 is 1.33 bits per heavy atom. The van der Waals surface area contributed by atoms with E-state index in [4.69, 9.17) is 11.6 Å². The van der Waals surface area contributed by atoms with Crippen LogP contribution in [0.15, 0.2) is 29.6 Å². The molecule has 1 nitrogen and oxygen atoms in total. The minimum Gasteiger partial charge on any atom is -0.286 e. The third-order valence-corrected chi connectivity index (χ3v) is 3.12. The van der Waals surface area contributed by atoms with E-state index < -0.39 is 11.2 Å². The van der Waals surface area contributed by atoms with Gasteiger partial charge in [0.1, 0.15) is 0 Å². The Labute approximate surface area is 93.3 Å². The molecule has 0 N–H and O–H groups in total. The number of hydrogen-bond donors (Lipinski definition) is 0. The predicted octanol–water partition coefficient (Wildman–Crippen LogP) is 3.92. The van der Waals surface area contributed by atoms with E-state index in [0.29, 0.717) is 4.70 Å². The van der Waals surface area contributed by atoms with Gasteiger partial charge in [0.25, 0.3) is 0 Å². The maximum absolute atomic E-state index is 12.7. The van der Waals surface area contributed by atoms with Crippen LogP contribution in [0.25, 0.3) is 10.1 Å². The minimum atomic E-state index is -3.84. The van der Waals surface area contributed by atoms with Gasteiger partial charge in [-0.3, -0.25) is 4.79 Å². The van der Waals surface area contributed by atoms with Crippen molar-refractivity contribution in [2.24, 2.45) is 0 Å². The number of carbonyl (C=O) groups is 1. The van der Waals surface area contributed by atoms with Crippen LogP contribution in [-0.4, -0.2) is 11.2 Å². The van der Waals surface area contributed by atoms with E-state index in [1.807, 2.05) is 0 Å². The summed E-state index contributed by atoms with van der Waals surface area (Å²) in [5.41, 5.74) is -0.0255. The van der Waals surface area contributed by atoms with Crippen molar-refractivity contribution in [3.63, 3.8) is 0 Å². The first kappa shape index (κ1) is 10.5. The summed E-state index contributed by atoms with van der Waals surface area (Å²) in [7, 11) is 0. The molecule has 5 heteroatoms. The van der Waals surface area contributed by atoms with E-state index in [2.05, 4.69) is 0 Å². The number of fused-ring (bicyclic) bond motifs is 1. The monoisotopic (exact) mass is 246 g/mol. The zero-order valence-electron chi connectivity index (χ0n) is 7.34. The third-order valence-electron chi connectivity index (χ3n) is 1.98. The van der Waals surface area contributed by atoms with E-state index in [1.54, 1.807) is 23.6 Å². The SMILES string of the molecule is O=C(c1cccc2ccsc12)C(F)(F)Cl. The van der Waals surface area contributed by atoms with E-state index in [0.717, 1.165) is 5.39 Å². The smallest absolute Gasteiger partial charge is 0.286 e. The molecule has 0 fully saturated rings. The average molecular weight is 247 g/mol. The van der Waals surface area contributed by atoms with Crippen LogP contribution < -0.4 is 0 Å². The van der Waals surface area contributed by atoms with Gasteiger partial charge >= 0.3 is 5.38 Å². The van der Waals surface area contributed by atoms with Crippen LogP contribution >= 0.6 is 22.9 Å². The molecule has 15 heavy (non-hydrogen) atoms. The zero-order chi connectivity index (χ0) is 11.1. The first-order valence-electron chi connectivity index (χ1n) is 4.08. The maximum Gasteiger partial charge on any atom is 0.384 e. The third kappa shape index (κ3) is 1.87. The molecule has 1 aromatic heterocycles. The Hall–Kier alpha value is -1.00. The van der Waals surface area contributed by atoms with Crippen molar-refractivity contribution in [2.75, 3.05) is 0 Å². The van der Waals surface area contributed by atoms with Gasteiger partial charge < -0.3 is 0 Å². The number of benzene rings is 1. The van der Waals surface area contributed by atoms with Gasteiger partial charge in [-0.25, -0.2) is 0 Å². The molecule has 0 atom stereocenters. The molecule has 0 unspecified atom stereocenters. The lowest BCUT2D eigenvalue weighted by molar-refractivity contribution is 0.0538. The Kier molecular flexibility index (Phi) is 2.48. The van der Waals surface area contributed by atoms with Crippen molar-refractivity contribution in [3.8, 4) is 0 Å². The summed E-state index contributed by atoms with van der Waals surface area (Å²) in [6.45, 7) is 0. The molecule has 2 aromatic rings. The second-order valence-corrected chi connectivity index (χ2v) is 4.36. The fourth-order valence-electron chi connectivity index (χ4n) is 1.32. The van der Waals surface area contributed by atoms with Crippen molar-refractivity contribution in [3.05, 3.63) is 35.2 Å². The number of carbonyl (C=O) groups excluding carboxylic acids is 1. The molecule has 0 aliphatic carbocycles. The molecule has 1 heterocycles. The molecule has 2 rings (SSSR count). The van der Waals surface area contributed by atoms with Gasteiger partial charge in [-0.1, -0.05) is 12.1 Å². The molecule has 0 radical (unpaired) electrons. The van der Waals surface area contributed by atoms with Crippen LogP contribution in [-0.2, 0) is 0 Å². The van der Waals surface area contributed by atoms with Gasteiger partial charge in [0.15, 0.2) is 0 Å². The summed E-state index contributed by atoms with van der Waals surface area (Å²) in [6, 6.07) is 6.44. The van der Waals surface area contributed by atoms with Gasteiger partial charge in [-0.05, 0) is 34.5 Å². The number of ketones is 1. The number of hydrogen-bond acceptors (Lipinski definition) is 2. The summed E-state index contributed by atoms with van der Waals surface area (Å²) >= 11 is 5.95. The van der Waals surface area contributed by atoms with Crippen LogP contribution in [0.4, 0.5) is 8.78 Å². The topological polar surface area (TPSA) is 17.1 Å². The molecule has 0 aliphatic rings. The summed E-state index contributed by atoms with van der Waals surface area (Å²) in [4.78, 5) is 11.3. The molecular formula is C10H5ClF2OS. The van der Waals surface area contributed by atoms with E-state index in [-0.39, 0.29) is 5.56 Å². The van der Waals surface area contributed by atoms with Crippen molar-refractivity contribution in [1.82, 2.24) is 0 Å². The lowest BCUT2D eigenvalue weighted by atomic mass is 10.1. The molecule has 0 aliphatic heterocycles. The Morgan fingerprint density at radius 3 is 2.73 bits per heavy atom. The summed E-state index contributed by atoms with van der Waals surface area (Å²) in [6.07, 6.45) is 0.